The minimum atomic E-state index is -0.459. The monoisotopic (exact) mass is 338 g/mol. The average Bonchev–Trinajstić information content (AvgIpc) is 2.77. The van der Waals surface area contributed by atoms with Crippen molar-refractivity contribution in [3.05, 3.63) is 17.0 Å². The van der Waals surface area contributed by atoms with Crippen LogP contribution in [0.1, 0.15) is 37.7 Å². The predicted octanol–water partition coefficient (Wildman–Crippen LogP) is 1.19. The molecule has 0 aromatic carbocycles. The first-order valence-electron chi connectivity index (χ1n) is 8.01. The number of nitrogens with one attached hydrogen (secondary N) is 2. The molecule has 2 heterocycles. The third kappa shape index (κ3) is 3.88. The number of thioether (sulfide) groups is 1. The summed E-state index contributed by atoms with van der Waals surface area (Å²) < 4.78 is 1.52. The molecule has 7 heteroatoms. The van der Waals surface area contributed by atoms with Gasteiger partial charge in [-0.25, -0.2) is 0 Å². The molecule has 2 amide bonds. The molecular formula is C16H26N4O2S. The summed E-state index contributed by atoms with van der Waals surface area (Å²) in [4.78, 5) is 24.1. The van der Waals surface area contributed by atoms with Crippen molar-refractivity contribution in [2.45, 2.75) is 58.4 Å². The second-order valence-corrected chi connectivity index (χ2v) is 8.00. The van der Waals surface area contributed by atoms with E-state index < -0.39 is 10.8 Å². The van der Waals surface area contributed by atoms with Crippen molar-refractivity contribution in [1.82, 2.24) is 20.4 Å². The number of aromatic nitrogens is 2. The Kier molecular flexibility index (Phi) is 5.39. The van der Waals surface area contributed by atoms with Crippen molar-refractivity contribution in [2.24, 2.45) is 0 Å². The van der Waals surface area contributed by atoms with Crippen molar-refractivity contribution in [3.63, 3.8) is 0 Å². The SMILES string of the molecule is CCn1nc(C)c(CCNC(=O)[C@@H]2CSC(C)(C)C(=O)N2)c1C. The van der Waals surface area contributed by atoms with Crippen molar-refractivity contribution in [2.75, 3.05) is 12.3 Å². The molecule has 0 bridgehead atoms. The van der Waals surface area contributed by atoms with E-state index >= 15 is 0 Å². The summed E-state index contributed by atoms with van der Waals surface area (Å²) in [6, 6.07) is -0.443. The second kappa shape index (κ2) is 6.95. The zero-order valence-electron chi connectivity index (χ0n) is 14.5. The molecule has 1 aromatic heterocycles. The number of amides is 2. The summed E-state index contributed by atoms with van der Waals surface area (Å²) >= 11 is 1.52. The molecule has 0 saturated carbocycles. The Balaban J connectivity index is 1.86. The van der Waals surface area contributed by atoms with Crippen molar-refractivity contribution < 1.29 is 9.59 Å². The smallest absolute Gasteiger partial charge is 0.243 e. The highest BCUT2D eigenvalue weighted by molar-refractivity contribution is 8.01. The first-order chi connectivity index (χ1) is 10.8. The van der Waals surface area contributed by atoms with Crippen LogP contribution < -0.4 is 10.6 Å². The summed E-state index contributed by atoms with van der Waals surface area (Å²) in [5.41, 5.74) is 3.36. The van der Waals surface area contributed by atoms with Gasteiger partial charge in [-0.3, -0.25) is 14.3 Å². The molecule has 2 N–H and O–H groups in total. The number of carbonyl (C=O) groups is 2. The van der Waals surface area contributed by atoms with Crippen LogP contribution in [0.3, 0.4) is 0 Å². The molecule has 0 spiro atoms. The number of hydrogen-bond donors (Lipinski definition) is 2. The average molecular weight is 338 g/mol. The number of rotatable bonds is 5. The quantitative estimate of drug-likeness (QED) is 0.845. The van der Waals surface area contributed by atoms with Gasteiger partial charge in [0.15, 0.2) is 0 Å². The van der Waals surface area contributed by atoms with E-state index in [9.17, 15) is 9.59 Å². The maximum atomic E-state index is 12.2. The summed E-state index contributed by atoms with van der Waals surface area (Å²) in [6.07, 6.45) is 0.753. The summed E-state index contributed by atoms with van der Waals surface area (Å²) in [7, 11) is 0. The molecular weight excluding hydrogens is 312 g/mol. The maximum Gasteiger partial charge on any atom is 0.243 e. The molecule has 1 aliphatic heterocycles. The third-order valence-electron chi connectivity index (χ3n) is 4.28. The molecule has 6 nitrogen and oxygen atoms in total. The zero-order chi connectivity index (χ0) is 17.2. The van der Waals surface area contributed by atoms with E-state index in [1.165, 1.54) is 17.3 Å². The van der Waals surface area contributed by atoms with E-state index in [4.69, 9.17) is 0 Å². The lowest BCUT2D eigenvalue weighted by Crippen LogP contribution is -2.57. The van der Waals surface area contributed by atoms with Crippen LogP contribution >= 0.6 is 11.8 Å². The number of aryl methyl sites for hydroxylation is 2. The van der Waals surface area contributed by atoms with Gasteiger partial charge in [-0.05, 0) is 46.6 Å². The Morgan fingerprint density at radius 2 is 2.17 bits per heavy atom. The van der Waals surface area contributed by atoms with Gasteiger partial charge in [-0.1, -0.05) is 0 Å². The van der Waals surface area contributed by atoms with Crippen LogP contribution in [0.15, 0.2) is 0 Å². The molecule has 23 heavy (non-hydrogen) atoms. The summed E-state index contributed by atoms with van der Waals surface area (Å²) in [5, 5.41) is 10.2. The molecule has 2 rings (SSSR count). The van der Waals surface area contributed by atoms with Gasteiger partial charge in [0.2, 0.25) is 11.8 Å². The molecule has 1 saturated heterocycles. The van der Waals surface area contributed by atoms with Crippen molar-refractivity contribution in [3.8, 4) is 0 Å². The molecule has 1 atom stereocenters. The van der Waals surface area contributed by atoms with Crippen molar-refractivity contribution >= 4 is 23.6 Å². The summed E-state index contributed by atoms with van der Waals surface area (Å²) in [5.74, 6) is 0.417. The Morgan fingerprint density at radius 1 is 1.48 bits per heavy atom. The Hall–Kier alpha value is -1.50. The van der Waals surface area contributed by atoms with Gasteiger partial charge >= 0.3 is 0 Å². The maximum absolute atomic E-state index is 12.2. The van der Waals surface area contributed by atoms with Gasteiger partial charge in [-0.15, -0.1) is 11.8 Å². The number of hydrogen-bond acceptors (Lipinski definition) is 4. The molecule has 1 aliphatic rings. The largest absolute Gasteiger partial charge is 0.354 e. The molecule has 0 radical (unpaired) electrons. The fourth-order valence-corrected chi connectivity index (χ4v) is 3.72. The molecule has 0 aliphatic carbocycles. The van der Waals surface area contributed by atoms with Gasteiger partial charge < -0.3 is 10.6 Å². The van der Waals surface area contributed by atoms with Gasteiger partial charge in [0.1, 0.15) is 6.04 Å². The van der Waals surface area contributed by atoms with Crippen molar-refractivity contribution in [1.29, 1.82) is 0 Å². The minimum Gasteiger partial charge on any atom is -0.354 e. The fourth-order valence-electron chi connectivity index (χ4n) is 2.71. The lowest BCUT2D eigenvalue weighted by atomic mass is 10.1. The van der Waals surface area contributed by atoms with Crippen LogP contribution in [-0.2, 0) is 22.6 Å². The lowest BCUT2D eigenvalue weighted by molar-refractivity contribution is -0.129. The van der Waals surface area contributed by atoms with Crippen LogP contribution in [-0.4, -0.2) is 44.7 Å². The first kappa shape index (κ1) is 17.8. The molecule has 1 aromatic rings. The van der Waals surface area contributed by atoms with Gasteiger partial charge in [0, 0.05) is 24.5 Å². The topological polar surface area (TPSA) is 76.0 Å². The minimum absolute atomic E-state index is 0.0789. The van der Waals surface area contributed by atoms with Crippen LogP contribution in [0.5, 0.6) is 0 Å². The van der Waals surface area contributed by atoms with E-state index in [2.05, 4.69) is 29.6 Å². The normalized spacial score (nSPS) is 20.2. The van der Waals surface area contributed by atoms with Crippen LogP contribution in [0.4, 0.5) is 0 Å². The Bertz CT molecular complexity index is 609. The molecule has 0 unspecified atom stereocenters. The predicted molar refractivity (Wildman–Crippen MR) is 92.6 cm³/mol. The van der Waals surface area contributed by atoms with Crippen LogP contribution in [0.2, 0.25) is 0 Å². The van der Waals surface area contributed by atoms with Gasteiger partial charge in [0.25, 0.3) is 0 Å². The first-order valence-corrected chi connectivity index (χ1v) is 9.00. The standard InChI is InChI=1S/C16H26N4O2S/c1-6-20-11(3)12(10(2)19-20)7-8-17-14(21)13-9-23-16(4,5)15(22)18-13/h13H,6-9H2,1-5H3,(H,17,21)(H,18,22)/t13-/m0/s1. The Morgan fingerprint density at radius 3 is 2.74 bits per heavy atom. The highest BCUT2D eigenvalue weighted by Gasteiger charge is 2.37. The van der Waals surface area contributed by atoms with E-state index in [0.29, 0.717) is 12.3 Å². The van der Waals surface area contributed by atoms with Gasteiger partial charge in [0.05, 0.1) is 10.4 Å². The second-order valence-electron chi connectivity index (χ2n) is 6.35. The van der Waals surface area contributed by atoms with E-state index in [1.54, 1.807) is 0 Å². The number of carbonyl (C=O) groups excluding carboxylic acids is 2. The number of nitrogens with zero attached hydrogens (tertiary/aromatic N) is 2. The fraction of sp³-hybridized carbons (Fsp3) is 0.688. The third-order valence-corrected chi connectivity index (χ3v) is 5.69. The molecule has 1 fully saturated rings. The lowest BCUT2D eigenvalue weighted by Gasteiger charge is -2.32. The van der Waals surface area contributed by atoms with Gasteiger partial charge in [-0.2, -0.15) is 5.10 Å². The van der Waals surface area contributed by atoms with E-state index in [0.717, 1.165) is 24.4 Å². The highest BCUT2D eigenvalue weighted by Crippen LogP contribution is 2.28. The van der Waals surface area contributed by atoms with E-state index in [-0.39, 0.29) is 11.8 Å². The zero-order valence-corrected chi connectivity index (χ0v) is 15.3. The highest BCUT2D eigenvalue weighted by atomic mass is 32.2. The van der Waals surface area contributed by atoms with E-state index in [1.807, 2.05) is 25.5 Å². The van der Waals surface area contributed by atoms with Crippen LogP contribution in [0, 0.1) is 13.8 Å². The van der Waals surface area contributed by atoms with Crippen LogP contribution in [0.25, 0.3) is 0 Å². The Labute approximate surface area is 141 Å². The molecule has 128 valence electrons. The summed E-state index contributed by atoms with van der Waals surface area (Å²) in [6.45, 7) is 11.3.